The van der Waals surface area contributed by atoms with Crippen molar-refractivity contribution in [3.63, 3.8) is 0 Å². The van der Waals surface area contributed by atoms with Gasteiger partial charge in [0.15, 0.2) is 0 Å². The lowest BCUT2D eigenvalue weighted by molar-refractivity contribution is -0.133. The van der Waals surface area contributed by atoms with Gasteiger partial charge >= 0.3 is 5.97 Å². The maximum atomic E-state index is 12.2. The molecule has 0 aliphatic heterocycles. The number of hydrazine groups is 1. The van der Waals surface area contributed by atoms with Gasteiger partial charge < -0.3 is 14.9 Å². The van der Waals surface area contributed by atoms with E-state index >= 15 is 0 Å². The first-order valence-corrected chi connectivity index (χ1v) is 8.50. The zero-order valence-corrected chi connectivity index (χ0v) is 16.0. The molecular weight excluding hydrogens is 384 g/mol. The summed E-state index contributed by atoms with van der Waals surface area (Å²) in [6.45, 7) is 2.67. The average Bonchev–Trinajstić information content (AvgIpc) is 2.62. The van der Waals surface area contributed by atoms with Crippen LogP contribution >= 0.6 is 15.9 Å². The van der Waals surface area contributed by atoms with Gasteiger partial charge in [0.2, 0.25) is 0 Å². The van der Waals surface area contributed by atoms with Crippen LogP contribution < -0.4 is 15.6 Å². The van der Waals surface area contributed by atoms with E-state index in [1.165, 1.54) is 12.7 Å². The van der Waals surface area contributed by atoms with Crippen LogP contribution in [0, 0.1) is 6.92 Å². The Labute approximate surface area is 156 Å². The van der Waals surface area contributed by atoms with E-state index in [2.05, 4.69) is 32.8 Å². The molecule has 0 aliphatic carbocycles. The molecule has 25 heavy (non-hydrogen) atoms. The molecule has 0 aromatic heterocycles. The first kappa shape index (κ1) is 19.0. The third-order valence-corrected chi connectivity index (χ3v) is 4.25. The molecule has 2 N–H and O–H groups in total. The van der Waals surface area contributed by atoms with Crippen LogP contribution in [-0.2, 0) is 16.1 Å². The van der Waals surface area contributed by atoms with Crippen molar-refractivity contribution >= 4 is 27.5 Å². The fraction of sp³-hybridized carbons (Fsp3) is 0.211. The van der Waals surface area contributed by atoms with E-state index < -0.39 is 5.97 Å². The van der Waals surface area contributed by atoms with Crippen LogP contribution in [0.4, 0.5) is 0 Å². The molecule has 5 nitrogen and oxygen atoms in total. The van der Waals surface area contributed by atoms with Crippen LogP contribution in [0.2, 0.25) is 0 Å². The lowest BCUT2D eigenvalue weighted by Crippen LogP contribution is -2.27. The number of carbonyl (C=O) groups is 1. The minimum atomic E-state index is -0.446. The molecule has 0 spiro atoms. The highest BCUT2D eigenvalue weighted by atomic mass is 79.9. The number of halogens is 1. The van der Waals surface area contributed by atoms with Gasteiger partial charge in [-0.05, 0) is 30.7 Å². The number of methoxy groups -OCH3 is 2. The van der Waals surface area contributed by atoms with E-state index in [9.17, 15) is 4.79 Å². The van der Waals surface area contributed by atoms with Crippen molar-refractivity contribution in [2.24, 2.45) is 0 Å². The molecule has 0 aliphatic rings. The van der Waals surface area contributed by atoms with Crippen molar-refractivity contribution in [2.75, 3.05) is 14.2 Å². The van der Waals surface area contributed by atoms with Gasteiger partial charge in [-0.25, -0.2) is 10.2 Å². The molecule has 0 heterocycles. The van der Waals surface area contributed by atoms with Crippen molar-refractivity contribution < 1.29 is 14.3 Å². The van der Waals surface area contributed by atoms with Crippen LogP contribution in [0.25, 0.3) is 5.57 Å². The summed E-state index contributed by atoms with van der Waals surface area (Å²) in [5.74, 6) is 0.208. The Morgan fingerprint density at radius 3 is 2.68 bits per heavy atom. The summed E-state index contributed by atoms with van der Waals surface area (Å²) in [6, 6.07) is 13.6. The van der Waals surface area contributed by atoms with E-state index in [4.69, 9.17) is 9.47 Å². The summed E-state index contributed by atoms with van der Waals surface area (Å²) in [6.07, 6.45) is 1.58. The Morgan fingerprint density at radius 1 is 1.20 bits per heavy atom. The number of esters is 1. The van der Waals surface area contributed by atoms with Gasteiger partial charge in [-0.2, -0.15) is 0 Å². The molecule has 0 saturated heterocycles. The molecule has 0 bridgehead atoms. The van der Waals surface area contributed by atoms with E-state index in [-0.39, 0.29) is 0 Å². The monoisotopic (exact) mass is 404 g/mol. The zero-order valence-electron chi connectivity index (χ0n) is 14.4. The van der Waals surface area contributed by atoms with Crippen molar-refractivity contribution in [1.82, 2.24) is 10.9 Å². The quantitative estimate of drug-likeness (QED) is 0.319. The van der Waals surface area contributed by atoms with Crippen molar-refractivity contribution in [3.05, 3.63) is 69.8 Å². The smallest absolute Gasteiger partial charge is 0.340 e. The normalized spacial score (nSPS) is 11.1. The van der Waals surface area contributed by atoms with E-state index in [0.29, 0.717) is 23.4 Å². The zero-order chi connectivity index (χ0) is 18.2. The lowest BCUT2D eigenvalue weighted by atomic mass is 10.1. The summed E-state index contributed by atoms with van der Waals surface area (Å²) in [5, 5.41) is 0. The van der Waals surface area contributed by atoms with Crippen LogP contribution in [-0.4, -0.2) is 20.2 Å². The molecular formula is C19H21BrN2O3. The second-order valence-electron chi connectivity index (χ2n) is 5.38. The van der Waals surface area contributed by atoms with Crippen LogP contribution in [0.3, 0.4) is 0 Å². The molecule has 0 amide bonds. The third-order valence-electron chi connectivity index (χ3n) is 3.56. The van der Waals surface area contributed by atoms with Crippen molar-refractivity contribution in [2.45, 2.75) is 13.5 Å². The highest BCUT2D eigenvalue weighted by molar-refractivity contribution is 9.10. The van der Waals surface area contributed by atoms with Gasteiger partial charge in [-0.1, -0.05) is 45.8 Å². The van der Waals surface area contributed by atoms with Crippen LogP contribution in [0.5, 0.6) is 5.75 Å². The minimum Gasteiger partial charge on any atom is -0.497 e. The first-order chi connectivity index (χ1) is 12.0. The SMILES string of the molecule is COC(=O)/C(=C/NNCc1cccc(C)c1)c1cc(OC)ccc1Br. The molecule has 0 fully saturated rings. The fourth-order valence-electron chi connectivity index (χ4n) is 2.29. The highest BCUT2D eigenvalue weighted by Crippen LogP contribution is 2.28. The molecule has 0 unspecified atom stereocenters. The number of nitrogens with one attached hydrogen (secondary N) is 2. The van der Waals surface area contributed by atoms with E-state index in [1.54, 1.807) is 19.4 Å². The Kier molecular flexibility index (Phi) is 7.03. The van der Waals surface area contributed by atoms with Gasteiger partial charge in [0.1, 0.15) is 5.75 Å². The predicted molar refractivity (Wildman–Crippen MR) is 102 cm³/mol. The molecule has 0 atom stereocenters. The van der Waals surface area contributed by atoms with Gasteiger partial charge in [0.05, 0.1) is 19.8 Å². The number of benzene rings is 2. The third kappa shape index (κ3) is 5.34. The number of carbonyl (C=O) groups excluding carboxylic acids is 1. The predicted octanol–water partition coefficient (Wildman–Crippen LogP) is 3.57. The minimum absolute atomic E-state index is 0.380. The number of rotatable bonds is 7. The maximum absolute atomic E-state index is 12.2. The number of hydrogen-bond donors (Lipinski definition) is 2. The highest BCUT2D eigenvalue weighted by Gasteiger charge is 2.16. The average molecular weight is 405 g/mol. The van der Waals surface area contributed by atoms with Gasteiger partial charge in [-0.15, -0.1) is 0 Å². The standard InChI is InChI=1S/C19H21BrN2O3/c1-13-5-4-6-14(9-13)11-21-22-12-17(19(23)25-3)16-10-15(24-2)7-8-18(16)20/h4-10,12,21-22H,11H2,1-3H3/b17-12+. The molecule has 132 valence electrons. The lowest BCUT2D eigenvalue weighted by Gasteiger charge is -2.11. The molecule has 2 aromatic rings. The summed E-state index contributed by atoms with van der Waals surface area (Å²) < 4.78 is 10.9. The Balaban J connectivity index is 2.14. The molecule has 6 heteroatoms. The van der Waals surface area contributed by atoms with E-state index in [0.717, 1.165) is 10.0 Å². The Morgan fingerprint density at radius 2 is 2.00 bits per heavy atom. The Bertz CT molecular complexity index is 775. The van der Waals surface area contributed by atoms with Gasteiger partial charge in [-0.3, -0.25) is 0 Å². The summed E-state index contributed by atoms with van der Waals surface area (Å²) >= 11 is 3.46. The number of aryl methyl sites for hydroxylation is 1. The summed E-state index contributed by atoms with van der Waals surface area (Å²) in [7, 11) is 2.93. The molecule has 0 radical (unpaired) electrons. The van der Waals surface area contributed by atoms with Crippen molar-refractivity contribution in [1.29, 1.82) is 0 Å². The first-order valence-electron chi connectivity index (χ1n) is 7.71. The molecule has 2 aromatic carbocycles. The van der Waals surface area contributed by atoms with Gasteiger partial charge in [0.25, 0.3) is 0 Å². The van der Waals surface area contributed by atoms with Crippen molar-refractivity contribution in [3.8, 4) is 5.75 Å². The topological polar surface area (TPSA) is 59.6 Å². The van der Waals surface area contributed by atoms with E-state index in [1.807, 2.05) is 37.3 Å². The Hall–Kier alpha value is -2.31. The number of ether oxygens (including phenoxy) is 2. The second kappa shape index (κ2) is 9.25. The summed E-state index contributed by atoms with van der Waals surface area (Å²) in [5.41, 5.74) is 9.43. The van der Waals surface area contributed by atoms with Gasteiger partial charge in [0, 0.05) is 22.8 Å². The molecule has 2 rings (SSSR count). The second-order valence-corrected chi connectivity index (χ2v) is 6.24. The summed E-state index contributed by atoms with van der Waals surface area (Å²) in [4.78, 5) is 12.2. The largest absolute Gasteiger partial charge is 0.497 e. The molecule has 0 saturated carbocycles. The maximum Gasteiger partial charge on any atom is 0.340 e. The van der Waals surface area contributed by atoms with Crippen LogP contribution in [0.1, 0.15) is 16.7 Å². The fourth-order valence-corrected chi connectivity index (χ4v) is 2.75. The number of hydrogen-bond acceptors (Lipinski definition) is 5. The van der Waals surface area contributed by atoms with Crippen LogP contribution in [0.15, 0.2) is 53.1 Å².